The number of alkyl halides is 2. The molecule has 134 valence electrons. The van der Waals surface area contributed by atoms with E-state index in [1.165, 1.54) is 0 Å². The number of hydrogen-bond donors (Lipinski definition) is 2. The van der Waals surface area contributed by atoms with Gasteiger partial charge in [-0.1, -0.05) is 0 Å². The number of aromatic nitrogens is 2. The second-order valence-corrected chi connectivity index (χ2v) is 7.02. The molecule has 2 N–H and O–H groups in total. The monoisotopic (exact) mass is 343 g/mol. The van der Waals surface area contributed by atoms with Crippen LogP contribution in [0.15, 0.2) is 6.20 Å². The van der Waals surface area contributed by atoms with Crippen molar-refractivity contribution >= 4 is 12.4 Å². The minimum absolute atomic E-state index is 0.00277. The van der Waals surface area contributed by atoms with Gasteiger partial charge in [-0.2, -0.15) is 5.10 Å². The summed E-state index contributed by atoms with van der Waals surface area (Å²) >= 11 is 0. The summed E-state index contributed by atoms with van der Waals surface area (Å²) in [6.45, 7) is 3.28. The van der Waals surface area contributed by atoms with E-state index in [1.54, 1.807) is 24.7 Å². The third-order valence-corrected chi connectivity index (χ3v) is 4.43. The van der Waals surface area contributed by atoms with Crippen molar-refractivity contribution in [3.63, 3.8) is 0 Å². The van der Waals surface area contributed by atoms with Gasteiger partial charge in [0.05, 0.1) is 6.04 Å². The molecule has 1 aromatic heterocycles. The van der Waals surface area contributed by atoms with Crippen LogP contribution in [0, 0.1) is 5.92 Å². The molecule has 0 spiro atoms. The van der Waals surface area contributed by atoms with Crippen LogP contribution >= 0.6 is 0 Å². The highest BCUT2D eigenvalue weighted by atomic mass is 19.3. The Labute approximate surface area is 139 Å². The Morgan fingerprint density at radius 2 is 2.08 bits per heavy atom. The Balaban J connectivity index is 2.18. The predicted octanol–water partition coefficient (Wildman–Crippen LogP) is 3.34. The Kier molecular flexibility index (Phi) is 5.56. The Hall–Kier alpha value is -1.99. The zero-order valence-corrected chi connectivity index (χ0v) is 13.8. The zero-order chi connectivity index (χ0) is 17.9. The maximum Gasteiger partial charge on any atom is 0.405 e. The molecule has 1 fully saturated rings. The van der Waals surface area contributed by atoms with Crippen LogP contribution in [0.3, 0.4) is 0 Å². The Morgan fingerprint density at radius 3 is 2.58 bits per heavy atom. The van der Waals surface area contributed by atoms with Crippen molar-refractivity contribution in [3.8, 4) is 0 Å². The van der Waals surface area contributed by atoms with Crippen LogP contribution in [0.4, 0.5) is 13.6 Å². The van der Waals surface area contributed by atoms with Gasteiger partial charge in [0.15, 0.2) is 0 Å². The first kappa shape index (κ1) is 18.4. The highest BCUT2D eigenvalue weighted by Gasteiger charge is 2.29. The molecule has 0 bridgehead atoms. The fourth-order valence-corrected chi connectivity index (χ4v) is 3.26. The fraction of sp³-hybridized carbons (Fsp3) is 0.688. The van der Waals surface area contributed by atoms with E-state index in [4.69, 9.17) is 5.11 Å². The molecule has 0 saturated heterocycles. The summed E-state index contributed by atoms with van der Waals surface area (Å²) in [4.78, 5) is 21.6. The van der Waals surface area contributed by atoms with Crippen LogP contribution in [0.1, 0.15) is 63.3 Å². The number of hydrogen-bond acceptors (Lipinski definition) is 3. The van der Waals surface area contributed by atoms with E-state index in [0.717, 1.165) is 32.0 Å². The first-order valence-corrected chi connectivity index (χ1v) is 8.04. The average molecular weight is 343 g/mol. The SMILES string of the molecule is CC(C)(Cc1cn(C2CCC(C=O)CC2)nc1C(F)F)NC(=O)O. The number of rotatable bonds is 6. The number of carbonyl (C=O) groups excluding carboxylic acids is 1. The van der Waals surface area contributed by atoms with Crippen LogP contribution < -0.4 is 5.32 Å². The number of nitrogens with one attached hydrogen (secondary N) is 1. The first-order valence-electron chi connectivity index (χ1n) is 8.04. The third-order valence-electron chi connectivity index (χ3n) is 4.43. The lowest BCUT2D eigenvalue weighted by atomic mass is 9.87. The van der Waals surface area contributed by atoms with E-state index in [-0.39, 0.29) is 24.1 Å². The lowest BCUT2D eigenvalue weighted by Crippen LogP contribution is -2.44. The third kappa shape index (κ3) is 4.52. The molecule has 8 heteroatoms. The number of nitrogens with zero attached hydrogens (tertiary/aromatic N) is 2. The normalized spacial score (nSPS) is 21.7. The van der Waals surface area contributed by atoms with E-state index >= 15 is 0 Å². The quantitative estimate of drug-likeness (QED) is 0.776. The van der Waals surface area contributed by atoms with E-state index < -0.39 is 18.1 Å². The van der Waals surface area contributed by atoms with Crippen molar-refractivity contribution in [1.82, 2.24) is 15.1 Å². The van der Waals surface area contributed by atoms with Gasteiger partial charge < -0.3 is 15.2 Å². The van der Waals surface area contributed by atoms with Crippen molar-refractivity contribution in [2.45, 2.75) is 64.0 Å². The molecule has 0 aliphatic heterocycles. The second-order valence-electron chi connectivity index (χ2n) is 7.02. The molecule has 1 heterocycles. The van der Waals surface area contributed by atoms with Crippen molar-refractivity contribution in [1.29, 1.82) is 0 Å². The molecule has 6 nitrogen and oxygen atoms in total. The minimum atomic E-state index is -2.71. The van der Waals surface area contributed by atoms with Gasteiger partial charge in [0, 0.05) is 23.2 Å². The molecule has 0 radical (unpaired) electrons. The molecule has 1 aliphatic rings. The van der Waals surface area contributed by atoms with E-state index in [2.05, 4.69) is 10.4 Å². The van der Waals surface area contributed by atoms with Gasteiger partial charge in [-0.05, 0) is 46.0 Å². The molecular weight excluding hydrogens is 320 g/mol. The molecule has 0 unspecified atom stereocenters. The lowest BCUT2D eigenvalue weighted by molar-refractivity contribution is -0.112. The molecule has 1 saturated carbocycles. The van der Waals surface area contributed by atoms with Gasteiger partial charge in [0.25, 0.3) is 6.43 Å². The molecule has 1 aromatic rings. The van der Waals surface area contributed by atoms with Gasteiger partial charge in [-0.25, -0.2) is 13.6 Å². The summed E-state index contributed by atoms with van der Waals surface area (Å²) in [6, 6.07) is 0.00277. The molecule has 1 aliphatic carbocycles. The molecule has 2 rings (SSSR count). The average Bonchev–Trinajstić information content (AvgIpc) is 2.89. The summed E-state index contributed by atoms with van der Waals surface area (Å²) in [6.07, 6.45) is 1.69. The van der Waals surface area contributed by atoms with E-state index in [1.807, 2.05) is 0 Å². The smallest absolute Gasteiger partial charge is 0.405 e. The predicted molar refractivity (Wildman–Crippen MR) is 83.2 cm³/mol. The van der Waals surface area contributed by atoms with E-state index in [9.17, 15) is 18.4 Å². The van der Waals surface area contributed by atoms with Crippen LogP contribution in [-0.2, 0) is 11.2 Å². The largest absolute Gasteiger partial charge is 0.465 e. The number of aldehydes is 1. The fourth-order valence-electron chi connectivity index (χ4n) is 3.26. The summed E-state index contributed by atoms with van der Waals surface area (Å²) in [5, 5.41) is 15.2. The summed E-state index contributed by atoms with van der Waals surface area (Å²) in [5.74, 6) is 0.0459. The number of halogens is 2. The van der Waals surface area contributed by atoms with E-state index in [0.29, 0.717) is 5.56 Å². The number of carboxylic acid groups (broad SMARTS) is 1. The van der Waals surface area contributed by atoms with Crippen LogP contribution in [-0.4, -0.2) is 32.8 Å². The van der Waals surface area contributed by atoms with Crippen LogP contribution in [0.5, 0.6) is 0 Å². The maximum atomic E-state index is 13.3. The van der Waals surface area contributed by atoms with Crippen molar-refractivity contribution in [3.05, 3.63) is 17.5 Å². The maximum absolute atomic E-state index is 13.3. The van der Waals surface area contributed by atoms with Gasteiger partial charge in [-0.3, -0.25) is 4.68 Å². The van der Waals surface area contributed by atoms with Crippen LogP contribution in [0.25, 0.3) is 0 Å². The molecule has 0 aromatic carbocycles. The highest BCUT2D eigenvalue weighted by Crippen LogP contribution is 2.33. The number of carbonyl (C=O) groups is 2. The van der Waals surface area contributed by atoms with Gasteiger partial charge in [0.1, 0.15) is 12.0 Å². The van der Waals surface area contributed by atoms with Gasteiger partial charge >= 0.3 is 6.09 Å². The van der Waals surface area contributed by atoms with Crippen molar-refractivity contribution < 1.29 is 23.5 Å². The number of amides is 1. The highest BCUT2D eigenvalue weighted by molar-refractivity contribution is 5.65. The molecule has 24 heavy (non-hydrogen) atoms. The summed E-state index contributed by atoms with van der Waals surface area (Å²) in [7, 11) is 0. The zero-order valence-electron chi connectivity index (χ0n) is 13.8. The van der Waals surface area contributed by atoms with Crippen LogP contribution in [0.2, 0.25) is 0 Å². The first-order chi connectivity index (χ1) is 11.2. The van der Waals surface area contributed by atoms with Gasteiger partial charge in [0.2, 0.25) is 0 Å². The summed E-state index contributed by atoms with van der Waals surface area (Å²) in [5.41, 5.74) is -0.826. The molecule has 0 atom stereocenters. The second kappa shape index (κ2) is 7.27. The van der Waals surface area contributed by atoms with Crippen molar-refractivity contribution in [2.24, 2.45) is 5.92 Å². The van der Waals surface area contributed by atoms with Gasteiger partial charge in [-0.15, -0.1) is 0 Å². The standard InChI is InChI=1S/C16H23F2N3O3/c1-16(2,19-15(23)24)7-11-8-21(20-13(11)14(17)18)12-5-3-10(9-22)4-6-12/h8-10,12,14,19H,3-7H2,1-2H3,(H,23,24). The minimum Gasteiger partial charge on any atom is -0.465 e. The van der Waals surface area contributed by atoms with Crippen molar-refractivity contribution in [2.75, 3.05) is 0 Å². The lowest BCUT2D eigenvalue weighted by Gasteiger charge is -2.26. The molecular formula is C16H23F2N3O3. The molecule has 1 amide bonds. The Morgan fingerprint density at radius 1 is 1.46 bits per heavy atom. The summed E-state index contributed by atoms with van der Waals surface area (Å²) < 4.78 is 28.2. The Bertz CT molecular complexity index is 593. The topological polar surface area (TPSA) is 84.2 Å².